The van der Waals surface area contributed by atoms with Crippen molar-refractivity contribution >= 4 is 44.4 Å². The molecule has 0 aliphatic carbocycles. The van der Waals surface area contributed by atoms with E-state index in [1.54, 1.807) is 0 Å². The van der Waals surface area contributed by atoms with Crippen LogP contribution in [-0.4, -0.2) is 40.9 Å². The predicted molar refractivity (Wildman–Crippen MR) is 144 cm³/mol. The normalized spacial score (nSPS) is 14.0. The summed E-state index contributed by atoms with van der Waals surface area (Å²) >= 11 is 1.39. The molecule has 3 heterocycles. The second-order valence-electron chi connectivity index (χ2n) is 9.13. The van der Waals surface area contributed by atoms with E-state index in [1.807, 2.05) is 25.1 Å². The van der Waals surface area contributed by atoms with Gasteiger partial charge in [0.25, 0.3) is 0 Å². The highest BCUT2D eigenvalue weighted by Gasteiger charge is 2.31. The lowest BCUT2D eigenvalue weighted by Crippen LogP contribution is -2.25. The van der Waals surface area contributed by atoms with E-state index in [0.717, 1.165) is 28.0 Å². The summed E-state index contributed by atoms with van der Waals surface area (Å²) in [5, 5.41) is 12.0. The summed E-state index contributed by atoms with van der Waals surface area (Å²) in [5.41, 5.74) is 4.29. The van der Waals surface area contributed by atoms with E-state index < -0.39 is 23.8 Å². The van der Waals surface area contributed by atoms with Crippen LogP contribution in [0.1, 0.15) is 16.7 Å². The number of amides is 1. The number of halogens is 2. The third kappa shape index (κ3) is 4.71. The van der Waals surface area contributed by atoms with Crippen molar-refractivity contribution in [2.75, 3.05) is 19.0 Å². The Bertz CT molecular complexity index is 1870. The third-order valence-electron chi connectivity index (χ3n) is 6.28. The SMILES string of the molecule is COc1cnc2c(-c3nc4cc(F)c5c(c4s3)CC(COC(=O)Nc3cc(F)cc(C#N)c3)O5)cc(C)cc2n1. The van der Waals surface area contributed by atoms with E-state index >= 15 is 4.39 Å². The average Bonchev–Trinajstić information content (AvgIpc) is 3.55. The van der Waals surface area contributed by atoms with Gasteiger partial charge in [0.1, 0.15) is 23.5 Å². The van der Waals surface area contributed by atoms with E-state index in [9.17, 15) is 9.18 Å². The summed E-state index contributed by atoms with van der Waals surface area (Å²) in [6.07, 6.45) is 0.343. The van der Waals surface area contributed by atoms with E-state index in [0.29, 0.717) is 39.4 Å². The molecule has 0 saturated heterocycles. The zero-order valence-corrected chi connectivity index (χ0v) is 21.9. The molecule has 9 nitrogen and oxygen atoms in total. The molecule has 0 spiro atoms. The molecule has 0 fully saturated rings. The molecule has 40 heavy (non-hydrogen) atoms. The van der Waals surface area contributed by atoms with Gasteiger partial charge in [-0.25, -0.2) is 28.5 Å². The first kappa shape index (κ1) is 25.4. The first-order valence-corrected chi connectivity index (χ1v) is 12.9. The lowest BCUT2D eigenvalue weighted by Gasteiger charge is -2.12. The molecule has 1 amide bonds. The van der Waals surface area contributed by atoms with Crippen LogP contribution in [0.2, 0.25) is 0 Å². The van der Waals surface area contributed by atoms with Gasteiger partial charge in [0, 0.05) is 29.3 Å². The maximum absolute atomic E-state index is 15.0. The summed E-state index contributed by atoms with van der Waals surface area (Å²) in [4.78, 5) is 26.0. The molecule has 1 N–H and O–H groups in total. The number of methoxy groups -OCH3 is 1. The number of rotatable bonds is 5. The highest BCUT2D eigenvalue weighted by Crippen LogP contribution is 2.43. The van der Waals surface area contributed by atoms with Gasteiger partial charge in [-0.05, 0) is 42.8 Å². The van der Waals surface area contributed by atoms with Crippen LogP contribution in [0.5, 0.6) is 11.6 Å². The molecule has 6 rings (SSSR count). The molecule has 5 aromatic rings. The number of fused-ring (bicyclic) bond motifs is 4. The maximum Gasteiger partial charge on any atom is 0.411 e. The Hall–Kier alpha value is -4.89. The summed E-state index contributed by atoms with van der Waals surface area (Å²) in [6.45, 7) is 1.77. The molecule has 1 aliphatic rings. The number of nitriles is 1. The zero-order chi connectivity index (χ0) is 28.0. The van der Waals surface area contributed by atoms with Gasteiger partial charge in [0.15, 0.2) is 11.6 Å². The fourth-order valence-electron chi connectivity index (χ4n) is 4.59. The number of hydrogen-bond acceptors (Lipinski definition) is 9. The molecule has 2 aromatic heterocycles. The fourth-order valence-corrected chi connectivity index (χ4v) is 5.71. The van der Waals surface area contributed by atoms with Crippen LogP contribution in [0.4, 0.5) is 19.3 Å². The first-order valence-electron chi connectivity index (χ1n) is 12.1. The standard InChI is InChI=1S/C28H19F2N5O4S/c1-13-3-18(24-21(4-13)34-23(37-2)11-32-24)27-35-22-9-20(30)25-19(26(22)40-27)8-17(39-25)12-38-28(36)33-16-6-14(10-31)5-15(29)7-16/h3-7,9,11,17H,8,12H2,1-2H3,(H,33,36). The van der Waals surface area contributed by atoms with Gasteiger partial charge >= 0.3 is 6.09 Å². The van der Waals surface area contributed by atoms with Gasteiger partial charge < -0.3 is 14.2 Å². The van der Waals surface area contributed by atoms with E-state index in [-0.39, 0.29) is 23.6 Å². The molecule has 1 atom stereocenters. The molecular weight excluding hydrogens is 540 g/mol. The van der Waals surface area contributed by atoms with Crippen molar-refractivity contribution in [2.24, 2.45) is 0 Å². The second kappa shape index (κ2) is 10.0. The number of benzene rings is 3. The van der Waals surface area contributed by atoms with Crippen molar-refractivity contribution in [1.29, 1.82) is 5.26 Å². The Morgan fingerprint density at radius 1 is 1.20 bits per heavy atom. The summed E-state index contributed by atoms with van der Waals surface area (Å²) in [6, 6.07) is 10.4. The fraction of sp³-hybridized carbons (Fsp3) is 0.179. The average molecular weight is 560 g/mol. The van der Waals surface area contributed by atoms with Crippen molar-refractivity contribution in [3.63, 3.8) is 0 Å². The van der Waals surface area contributed by atoms with E-state index in [2.05, 4.69) is 15.3 Å². The van der Waals surface area contributed by atoms with Crippen molar-refractivity contribution in [1.82, 2.24) is 15.0 Å². The van der Waals surface area contributed by atoms with Crippen LogP contribution in [0.25, 0.3) is 31.8 Å². The second-order valence-corrected chi connectivity index (χ2v) is 10.1. The molecule has 1 aliphatic heterocycles. The number of anilines is 1. The van der Waals surface area contributed by atoms with Crippen LogP contribution in [0.3, 0.4) is 0 Å². The zero-order valence-electron chi connectivity index (χ0n) is 21.1. The number of nitrogens with one attached hydrogen (secondary N) is 1. The van der Waals surface area contributed by atoms with E-state index in [1.165, 1.54) is 36.8 Å². The molecular formula is C28H19F2N5O4S. The highest BCUT2D eigenvalue weighted by atomic mass is 32.1. The number of carbonyl (C=O) groups is 1. The van der Waals surface area contributed by atoms with Crippen molar-refractivity contribution in [2.45, 2.75) is 19.4 Å². The molecule has 0 bridgehead atoms. The lowest BCUT2D eigenvalue weighted by atomic mass is 10.1. The molecule has 1 unspecified atom stereocenters. The predicted octanol–water partition coefficient (Wildman–Crippen LogP) is 5.93. The van der Waals surface area contributed by atoms with Gasteiger partial charge in [-0.2, -0.15) is 5.26 Å². The third-order valence-corrected chi connectivity index (χ3v) is 7.44. The van der Waals surface area contributed by atoms with Crippen LogP contribution >= 0.6 is 11.3 Å². The maximum atomic E-state index is 15.0. The number of aryl methyl sites for hydroxylation is 1. The monoisotopic (exact) mass is 559 g/mol. The van der Waals surface area contributed by atoms with Crippen LogP contribution in [0, 0.1) is 29.9 Å². The number of thiazole rings is 1. The summed E-state index contributed by atoms with van der Waals surface area (Å²) < 4.78 is 45.7. The Morgan fingerprint density at radius 2 is 2.05 bits per heavy atom. The van der Waals surface area contributed by atoms with Crippen molar-refractivity contribution in [3.8, 4) is 28.3 Å². The number of ether oxygens (including phenoxy) is 3. The molecule has 0 radical (unpaired) electrons. The Balaban J connectivity index is 1.24. The number of carbonyl (C=O) groups excluding carboxylic acids is 1. The minimum Gasteiger partial charge on any atom is -0.483 e. The Kier molecular flexibility index (Phi) is 6.36. The van der Waals surface area contributed by atoms with Gasteiger partial charge in [0.2, 0.25) is 5.88 Å². The summed E-state index contributed by atoms with van der Waals surface area (Å²) in [7, 11) is 1.53. The van der Waals surface area contributed by atoms with Crippen LogP contribution < -0.4 is 14.8 Å². The Morgan fingerprint density at radius 3 is 2.85 bits per heavy atom. The minimum absolute atomic E-state index is 0.0544. The van der Waals surface area contributed by atoms with Gasteiger partial charge in [0.05, 0.1) is 46.2 Å². The smallest absolute Gasteiger partial charge is 0.411 e. The van der Waals surface area contributed by atoms with Crippen LogP contribution in [0.15, 0.2) is 42.6 Å². The van der Waals surface area contributed by atoms with Gasteiger partial charge in [-0.1, -0.05) is 0 Å². The van der Waals surface area contributed by atoms with Crippen molar-refractivity contribution in [3.05, 3.63) is 70.9 Å². The van der Waals surface area contributed by atoms with E-state index in [4.69, 9.17) is 24.5 Å². The number of nitrogens with zero attached hydrogens (tertiary/aromatic N) is 4. The Labute approximate surface area is 230 Å². The van der Waals surface area contributed by atoms with Gasteiger partial charge in [-0.15, -0.1) is 11.3 Å². The molecule has 12 heteroatoms. The first-order chi connectivity index (χ1) is 19.3. The molecule has 3 aromatic carbocycles. The van der Waals surface area contributed by atoms with Crippen LogP contribution in [-0.2, 0) is 11.2 Å². The number of hydrogen-bond donors (Lipinski definition) is 1. The topological polar surface area (TPSA) is 119 Å². The quantitative estimate of drug-likeness (QED) is 0.282. The molecule has 200 valence electrons. The highest BCUT2D eigenvalue weighted by molar-refractivity contribution is 7.22. The molecule has 0 saturated carbocycles. The number of aromatic nitrogens is 3. The minimum atomic E-state index is -0.858. The lowest BCUT2D eigenvalue weighted by molar-refractivity contribution is 0.100. The van der Waals surface area contributed by atoms with Crippen molar-refractivity contribution < 1.29 is 27.8 Å². The largest absolute Gasteiger partial charge is 0.483 e. The van der Waals surface area contributed by atoms with Gasteiger partial charge in [-0.3, -0.25) is 5.32 Å². The summed E-state index contributed by atoms with van der Waals surface area (Å²) in [5.74, 6) is -0.735.